The normalized spacial score (nSPS) is 26.2. The van der Waals surface area contributed by atoms with Gasteiger partial charge < -0.3 is 10.6 Å². The van der Waals surface area contributed by atoms with Gasteiger partial charge in [-0.1, -0.05) is 39.5 Å². The van der Waals surface area contributed by atoms with Crippen LogP contribution in [0.5, 0.6) is 0 Å². The second kappa shape index (κ2) is 8.13. The fourth-order valence-electron chi connectivity index (χ4n) is 3.03. The van der Waals surface area contributed by atoms with E-state index in [1.807, 2.05) is 0 Å². The highest BCUT2D eigenvalue weighted by Crippen LogP contribution is 2.21. The number of nitrogens with two attached hydrogens (primary N) is 1. The van der Waals surface area contributed by atoms with Crippen LogP contribution >= 0.6 is 0 Å². The lowest BCUT2D eigenvalue weighted by atomic mass is 9.88. The van der Waals surface area contributed by atoms with Crippen LogP contribution in [0.15, 0.2) is 0 Å². The smallest absolute Gasteiger partial charge is 0.0371 e. The Labute approximate surface area is 114 Å². The highest BCUT2D eigenvalue weighted by Gasteiger charge is 2.28. The minimum absolute atomic E-state index is 0.333. The Morgan fingerprint density at radius 3 is 2.56 bits per heavy atom. The van der Waals surface area contributed by atoms with E-state index in [4.69, 9.17) is 5.73 Å². The first kappa shape index (κ1) is 15.9. The van der Waals surface area contributed by atoms with E-state index in [2.05, 4.69) is 37.7 Å². The average molecular weight is 255 g/mol. The van der Waals surface area contributed by atoms with Gasteiger partial charge in [0.05, 0.1) is 0 Å². The summed E-state index contributed by atoms with van der Waals surface area (Å²) in [5.74, 6) is 0.820. The molecule has 18 heavy (non-hydrogen) atoms. The third-order valence-electron chi connectivity index (χ3n) is 4.54. The molecule has 0 saturated carbocycles. The number of likely N-dealkylation sites (N-methyl/N-ethyl adjacent to an activating group) is 2. The van der Waals surface area contributed by atoms with E-state index in [1.165, 1.54) is 38.6 Å². The third-order valence-corrected chi connectivity index (χ3v) is 4.54. The van der Waals surface area contributed by atoms with Gasteiger partial charge in [0.25, 0.3) is 0 Å². The molecule has 0 aliphatic carbocycles. The van der Waals surface area contributed by atoms with Crippen LogP contribution in [0.25, 0.3) is 0 Å². The van der Waals surface area contributed by atoms with Crippen molar-refractivity contribution in [2.24, 2.45) is 11.7 Å². The van der Waals surface area contributed by atoms with Crippen LogP contribution in [0.1, 0.15) is 46.0 Å². The standard InChI is InChI=1S/C15H33N3/c1-5-7-8-13(6-2)11-14(16)15-12-17(3)9-10-18(15)4/h13-15H,5-12,16H2,1-4H3. The molecule has 1 saturated heterocycles. The summed E-state index contributed by atoms with van der Waals surface area (Å²) >= 11 is 0. The molecule has 0 aromatic carbocycles. The topological polar surface area (TPSA) is 32.5 Å². The Kier molecular flexibility index (Phi) is 7.20. The molecule has 1 heterocycles. The number of hydrogen-bond acceptors (Lipinski definition) is 3. The zero-order valence-electron chi connectivity index (χ0n) is 12.9. The summed E-state index contributed by atoms with van der Waals surface area (Å²) in [5, 5.41) is 0. The van der Waals surface area contributed by atoms with Crippen LogP contribution in [0.3, 0.4) is 0 Å². The van der Waals surface area contributed by atoms with Crippen molar-refractivity contribution in [2.45, 2.75) is 58.0 Å². The average Bonchev–Trinajstić information content (AvgIpc) is 2.37. The first-order chi connectivity index (χ1) is 8.58. The maximum atomic E-state index is 6.48. The molecule has 2 N–H and O–H groups in total. The van der Waals surface area contributed by atoms with Crippen molar-refractivity contribution in [3.05, 3.63) is 0 Å². The predicted octanol–water partition coefficient (Wildman–Crippen LogP) is 2.17. The second-order valence-electron chi connectivity index (χ2n) is 6.13. The van der Waals surface area contributed by atoms with E-state index in [-0.39, 0.29) is 0 Å². The first-order valence-electron chi connectivity index (χ1n) is 7.72. The van der Waals surface area contributed by atoms with Crippen molar-refractivity contribution in [3.63, 3.8) is 0 Å². The maximum absolute atomic E-state index is 6.48. The molecule has 0 radical (unpaired) electrons. The lowest BCUT2D eigenvalue weighted by Gasteiger charge is -2.41. The number of nitrogens with zero attached hydrogens (tertiary/aromatic N) is 2. The van der Waals surface area contributed by atoms with Crippen molar-refractivity contribution in [1.29, 1.82) is 0 Å². The number of hydrogen-bond donors (Lipinski definition) is 1. The lowest BCUT2D eigenvalue weighted by Crippen LogP contribution is -2.57. The highest BCUT2D eigenvalue weighted by molar-refractivity contribution is 4.88. The largest absolute Gasteiger partial charge is 0.326 e. The van der Waals surface area contributed by atoms with Gasteiger partial charge in [0.1, 0.15) is 0 Å². The van der Waals surface area contributed by atoms with Gasteiger partial charge in [-0.25, -0.2) is 0 Å². The molecule has 3 atom stereocenters. The summed E-state index contributed by atoms with van der Waals surface area (Å²) in [5.41, 5.74) is 6.48. The van der Waals surface area contributed by atoms with Gasteiger partial charge >= 0.3 is 0 Å². The van der Waals surface area contributed by atoms with Gasteiger partial charge in [0, 0.05) is 31.7 Å². The summed E-state index contributed by atoms with van der Waals surface area (Å²) < 4.78 is 0. The molecular weight excluding hydrogens is 222 g/mol. The van der Waals surface area contributed by atoms with Crippen molar-refractivity contribution < 1.29 is 0 Å². The molecule has 1 fully saturated rings. The summed E-state index contributed by atoms with van der Waals surface area (Å²) in [4.78, 5) is 4.87. The fourth-order valence-corrected chi connectivity index (χ4v) is 3.03. The molecule has 1 aliphatic rings. The summed E-state index contributed by atoms with van der Waals surface area (Å²) in [6.07, 6.45) is 6.48. The van der Waals surface area contributed by atoms with Crippen LogP contribution in [-0.2, 0) is 0 Å². The van der Waals surface area contributed by atoms with Crippen LogP contribution in [0.4, 0.5) is 0 Å². The summed E-state index contributed by atoms with van der Waals surface area (Å²) in [7, 11) is 4.44. The molecule has 0 amide bonds. The molecule has 0 spiro atoms. The van der Waals surface area contributed by atoms with Crippen LogP contribution < -0.4 is 5.73 Å². The Bertz CT molecular complexity index is 220. The van der Waals surface area contributed by atoms with Crippen LogP contribution in [-0.4, -0.2) is 55.6 Å². The summed E-state index contributed by atoms with van der Waals surface area (Å²) in [6.45, 7) is 8.04. The zero-order chi connectivity index (χ0) is 13.5. The van der Waals surface area contributed by atoms with Crippen molar-refractivity contribution in [2.75, 3.05) is 33.7 Å². The number of piperazine rings is 1. The Morgan fingerprint density at radius 2 is 1.94 bits per heavy atom. The van der Waals surface area contributed by atoms with Crippen LogP contribution in [0.2, 0.25) is 0 Å². The number of unbranched alkanes of at least 4 members (excludes halogenated alkanes) is 1. The first-order valence-corrected chi connectivity index (χ1v) is 7.72. The molecular formula is C15H33N3. The molecule has 1 rings (SSSR count). The highest BCUT2D eigenvalue weighted by atomic mass is 15.3. The minimum atomic E-state index is 0.333. The van der Waals surface area contributed by atoms with Gasteiger partial charge in [-0.3, -0.25) is 4.90 Å². The van der Waals surface area contributed by atoms with Gasteiger partial charge in [-0.05, 0) is 26.4 Å². The van der Waals surface area contributed by atoms with E-state index in [1.54, 1.807) is 0 Å². The molecule has 3 nitrogen and oxygen atoms in total. The van der Waals surface area contributed by atoms with Crippen molar-refractivity contribution >= 4 is 0 Å². The van der Waals surface area contributed by atoms with Gasteiger partial charge in [0.15, 0.2) is 0 Å². The lowest BCUT2D eigenvalue weighted by molar-refractivity contribution is 0.0900. The molecule has 3 heteroatoms. The second-order valence-corrected chi connectivity index (χ2v) is 6.13. The Balaban J connectivity index is 2.43. The Hall–Kier alpha value is -0.120. The van der Waals surface area contributed by atoms with E-state index in [0.29, 0.717) is 12.1 Å². The van der Waals surface area contributed by atoms with Gasteiger partial charge in [0.2, 0.25) is 0 Å². The van der Waals surface area contributed by atoms with Crippen molar-refractivity contribution in [1.82, 2.24) is 9.80 Å². The van der Waals surface area contributed by atoms with E-state index < -0.39 is 0 Å². The minimum Gasteiger partial charge on any atom is -0.326 e. The zero-order valence-corrected chi connectivity index (χ0v) is 12.9. The number of rotatable bonds is 7. The van der Waals surface area contributed by atoms with Gasteiger partial charge in [-0.15, -0.1) is 0 Å². The fraction of sp³-hybridized carbons (Fsp3) is 1.00. The summed E-state index contributed by atoms with van der Waals surface area (Å²) in [6, 6.07) is 0.874. The Morgan fingerprint density at radius 1 is 1.22 bits per heavy atom. The molecule has 1 aliphatic heterocycles. The van der Waals surface area contributed by atoms with Crippen molar-refractivity contribution in [3.8, 4) is 0 Å². The molecule has 0 aromatic rings. The molecule has 0 bridgehead atoms. The molecule has 3 unspecified atom stereocenters. The van der Waals surface area contributed by atoms with Gasteiger partial charge in [-0.2, -0.15) is 0 Å². The molecule has 108 valence electrons. The van der Waals surface area contributed by atoms with E-state index in [9.17, 15) is 0 Å². The van der Waals surface area contributed by atoms with Crippen LogP contribution in [0, 0.1) is 5.92 Å². The maximum Gasteiger partial charge on any atom is 0.0371 e. The van der Waals surface area contributed by atoms with E-state index >= 15 is 0 Å². The third kappa shape index (κ3) is 4.87. The quantitative estimate of drug-likeness (QED) is 0.757. The monoisotopic (exact) mass is 255 g/mol. The van der Waals surface area contributed by atoms with E-state index in [0.717, 1.165) is 19.0 Å². The SMILES string of the molecule is CCCCC(CC)CC(N)C1CN(C)CCN1C. The molecule has 0 aromatic heterocycles. The predicted molar refractivity (Wildman–Crippen MR) is 79.8 cm³/mol.